The van der Waals surface area contributed by atoms with E-state index in [0.29, 0.717) is 12.8 Å². The normalized spacial score (nSPS) is 13.3. The number of carboxylic acids is 1. The number of sulfonamides is 1. The third-order valence-corrected chi connectivity index (χ3v) is 4.69. The van der Waals surface area contributed by atoms with E-state index in [0.717, 1.165) is 12.1 Å². The number of aliphatic carboxylic acids is 1. The Morgan fingerprint density at radius 2 is 2.17 bits per heavy atom. The number of oxazole rings is 1. The fraction of sp³-hybridized carbons (Fsp3) is 0.385. The molecule has 10 heteroatoms. The number of nitrogens with one attached hydrogen (secondary N) is 2. The summed E-state index contributed by atoms with van der Waals surface area (Å²) in [5, 5.41) is 9.07. The van der Waals surface area contributed by atoms with Crippen molar-refractivity contribution < 1.29 is 27.1 Å². The van der Waals surface area contributed by atoms with Crippen LogP contribution in [0.5, 0.6) is 0 Å². The molecule has 1 unspecified atom stereocenters. The molecule has 0 aliphatic carbocycles. The molecule has 0 saturated heterocycles. The van der Waals surface area contributed by atoms with Gasteiger partial charge in [-0.3, -0.25) is 9.78 Å². The van der Waals surface area contributed by atoms with Gasteiger partial charge in [0, 0.05) is 12.1 Å². The Morgan fingerprint density at radius 3 is 2.78 bits per heavy atom. The molecule has 23 heavy (non-hydrogen) atoms. The lowest BCUT2D eigenvalue weighted by Gasteiger charge is -2.14. The maximum atomic E-state index is 14.0. The van der Waals surface area contributed by atoms with E-state index in [-0.39, 0.29) is 17.5 Å². The number of aromatic nitrogens is 1. The van der Waals surface area contributed by atoms with Gasteiger partial charge in [0.2, 0.25) is 10.0 Å². The Labute approximate surface area is 130 Å². The molecule has 1 aromatic carbocycles. The Morgan fingerprint density at radius 1 is 1.48 bits per heavy atom. The fourth-order valence-electron chi connectivity index (χ4n) is 2.05. The molecule has 0 amide bonds. The molecule has 8 nitrogen and oxygen atoms in total. The van der Waals surface area contributed by atoms with E-state index in [4.69, 9.17) is 5.11 Å². The van der Waals surface area contributed by atoms with Crippen molar-refractivity contribution in [1.29, 1.82) is 0 Å². The molecule has 0 aliphatic rings. The average molecular weight is 346 g/mol. The van der Waals surface area contributed by atoms with Gasteiger partial charge in [0.25, 0.3) is 0 Å². The number of rotatable bonds is 7. The zero-order chi connectivity index (χ0) is 17.2. The summed E-state index contributed by atoms with van der Waals surface area (Å²) in [6, 6.07) is 0.272. The molecule has 2 aromatic rings. The van der Waals surface area contributed by atoms with Crippen molar-refractivity contribution in [3.63, 3.8) is 0 Å². The van der Waals surface area contributed by atoms with Crippen LogP contribution in [-0.2, 0) is 14.8 Å². The number of carbonyl (C=O) groups is 1. The third-order valence-electron chi connectivity index (χ3n) is 3.20. The van der Waals surface area contributed by atoms with Gasteiger partial charge in [-0.1, -0.05) is 19.8 Å². The van der Waals surface area contributed by atoms with Crippen molar-refractivity contribution >= 4 is 27.1 Å². The first-order chi connectivity index (χ1) is 10.7. The molecule has 0 radical (unpaired) electrons. The Hall–Kier alpha value is -2.20. The zero-order valence-corrected chi connectivity index (χ0v) is 12.9. The molecule has 2 rings (SSSR count). The van der Waals surface area contributed by atoms with Crippen molar-refractivity contribution in [2.24, 2.45) is 0 Å². The van der Waals surface area contributed by atoms with E-state index in [1.54, 1.807) is 0 Å². The highest BCUT2D eigenvalue weighted by Gasteiger charge is 2.28. The van der Waals surface area contributed by atoms with E-state index in [9.17, 15) is 22.4 Å². The minimum Gasteiger partial charge on any atom is -0.480 e. The predicted octanol–water partition coefficient (Wildman–Crippen LogP) is 1.18. The summed E-state index contributed by atoms with van der Waals surface area (Å²) >= 11 is 0. The van der Waals surface area contributed by atoms with Crippen LogP contribution in [0.25, 0.3) is 11.1 Å². The van der Waals surface area contributed by atoms with Gasteiger partial charge in [-0.15, -0.1) is 0 Å². The van der Waals surface area contributed by atoms with Gasteiger partial charge in [0.05, 0.1) is 5.52 Å². The molecule has 0 aliphatic heterocycles. The molecule has 1 heterocycles. The highest BCUT2D eigenvalue weighted by Crippen LogP contribution is 2.21. The van der Waals surface area contributed by atoms with Crippen LogP contribution < -0.4 is 10.5 Å². The second-order valence-electron chi connectivity index (χ2n) is 4.95. The molecule has 0 bridgehead atoms. The molecule has 1 aromatic heterocycles. The number of hydrogen-bond acceptors (Lipinski definition) is 5. The van der Waals surface area contributed by atoms with E-state index in [1.165, 1.54) is 0 Å². The highest BCUT2D eigenvalue weighted by molar-refractivity contribution is 7.89. The number of hydrogen-bond donors (Lipinski definition) is 3. The van der Waals surface area contributed by atoms with E-state index in [1.807, 2.05) is 11.6 Å². The van der Waals surface area contributed by atoms with E-state index < -0.39 is 38.5 Å². The number of fused-ring (bicyclic) bond motifs is 1. The first kappa shape index (κ1) is 17.2. The molecule has 126 valence electrons. The minimum atomic E-state index is -4.43. The lowest BCUT2D eigenvalue weighted by molar-refractivity contribution is -0.139. The Kier molecular flexibility index (Phi) is 4.85. The summed E-state index contributed by atoms with van der Waals surface area (Å²) < 4.78 is 45.1. The maximum absolute atomic E-state index is 14.0. The van der Waals surface area contributed by atoms with Crippen LogP contribution >= 0.6 is 0 Å². The fourth-order valence-corrected chi connectivity index (χ4v) is 3.35. The van der Waals surface area contributed by atoms with Gasteiger partial charge in [-0.05, 0) is 6.42 Å². The van der Waals surface area contributed by atoms with Crippen LogP contribution in [0, 0.1) is 5.82 Å². The van der Waals surface area contributed by atoms with Crippen molar-refractivity contribution in [3.8, 4) is 0 Å². The van der Waals surface area contributed by atoms with Crippen LogP contribution in [-0.4, -0.2) is 30.5 Å². The first-order valence-electron chi connectivity index (χ1n) is 6.82. The number of benzene rings is 1. The summed E-state index contributed by atoms with van der Waals surface area (Å²) in [7, 11) is -4.43. The van der Waals surface area contributed by atoms with Gasteiger partial charge in [-0.2, -0.15) is 4.72 Å². The molecule has 0 spiro atoms. The van der Waals surface area contributed by atoms with E-state index >= 15 is 0 Å². The van der Waals surface area contributed by atoms with Gasteiger partial charge in [0.1, 0.15) is 16.8 Å². The van der Waals surface area contributed by atoms with Crippen molar-refractivity contribution in [1.82, 2.24) is 9.71 Å². The molecule has 3 N–H and O–H groups in total. The minimum absolute atomic E-state index is 0.00668. The number of halogens is 1. The van der Waals surface area contributed by atoms with Crippen molar-refractivity contribution in [2.75, 3.05) is 0 Å². The summed E-state index contributed by atoms with van der Waals surface area (Å²) in [6.45, 7) is 1.83. The SMILES string of the molecule is CCCCC(NS(=O)(=O)c1cc2oc(=O)[nH]c2cc1F)C(=O)O. The second kappa shape index (κ2) is 6.50. The van der Waals surface area contributed by atoms with Crippen LogP contribution in [0.15, 0.2) is 26.2 Å². The van der Waals surface area contributed by atoms with E-state index in [2.05, 4.69) is 9.40 Å². The Bertz CT molecular complexity index is 885. The molecule has 1 atom stereocenters. The van der Waals surface area contributed by atoms with Crippen LogP contribution in [0.3, 0.4) is 0 Å². The largest absolute Gasteiger partial charge is 0.480 e. The lowest BCUT2D eigenvalue weighted by Crippen LogP contribution is -2.40. The average Bonchev–Trinajstić information content (AvgIpc) is 2.81. The smallest absolute Gasteiger partial charge is 0.417 e. The Balaban J connectivity index is 2.39. The quantitative estimate of drug-likeness (QED) is 0.690. The monoisotopic (exact) mass is 346 g/mol. The summed E-state index contributed by atoms with van der Waals surface area (Å²) in [5.74, 6) is -3.33. The third kappa shape index (κ3) is 3.77. The standard InChI is InChI=1S/C13H15FN2O6S/c1-2-3-4-8(12(17)18)16-23(20,21)11-6-10-9(5-7(11)14)15-13(19)22-10/h5-6,8,16H,2-4H2,1H3,(H,15,19)(H,17,18). The van der Waals surface area contributed by atoms with Gasteiger partial charge >= 0.3 is 11.7 Å². The van der Waals surface area contributed by atoms with Crippen molar-refractivity contribution in [2.45, 2.75) is 37.1 Å². The van der Waals surface area contributed by atoms with Crippen molar-refractivity contribution in [3.05, 3.63) is 28.5 Å². The topological polar surface area (TPSA) is 129 Å². The van der Waals surface area contributed by atoms with Gasteiger partial charge < -0.3 is 9.52 Å². The number of unbranched alkanes of at least 4 members (excludes halogenated alkanes) is 1. The highest BCUT2D eigenvalue weighted by atomic mass is 32.2. The zero-order valence-electron chi connectivity index (χ0n) is 12.1. The molecule has 0 fully saturated rings. The van der Waals surface area contributed by atoms with Crippen LogP contribution in [0.1, 0.15) is 26.2 Å². The van der Waals surface area contributed by atoms with Gasteiger partial charge in [-0.25, -0.2) is 17.6 Å². The van der Waals surface area contributed by atoms with Crippen LogP contribution in [0.2, 0.25) is 0 Å². The molecule has 0 saturated carbocycles. The summed E-state index contributed by atoms with van der Waals surface area (Å²) in [6.07, 6.45) is 1.25. The first-order valence-corrected chi connectivity index (χ1v) is 8.30. The van der Waals surface area contributed by atoms with Crippen LogP contribution in [0.4, 0.5) is 4.39 Å². The second-order valence-corrected chi connectivity index (χ2v) is 6.63. The molecular formula is C13H15FN2O6S. The number of aromatic amines is 1. The predicted molar refractivity (Wildman–Crippen MR) is 78.1 cm³/mol. The number of H-pyrrole nitrogens is 1. The maximum Gasteiger partial charge on any atom is 0.417 e. The summed E-state index contributed by atoms with van der Waals surface area (Å²) in [5.41, 5.74) is -0.135. The lowest BCUT2D eigenvalue weighted by atomic mass is 10.1. The summed E-state index contributed by atoms with van der Waals surface area (Å²) in [4.78, 5) is 23.6. The van der Waals surface area contributed by atoms with Gasteiger partial charge in [0.15, 0.2) is 5.58 Å². The number of carboxylic acid groups (broad SMARTS) is 1. The molecular weight excluding hydrogens is 331 g/mol.